The average molecular weight is 312 g/mol. The highest BCUT2D eigenvalue weighted by molar-refractivity contribution is 6.20. The third-order valence-electron chi connectivity index (χ3n) is 6.14. The normalized spacial score (nSPS) is 45.6. The SMILES string of the molecule is CC(Cl)CCNC(=O)CC12CC3CC(C)(CC(C)(C3)C1)C2. The van der Waals surface area contributed by atoms with Gasteiger partial charge in [-0.05, 0) is 74.0 Å². The number of nitrogens with one attached hydrogen (secondary N) is 1. The molecule has 4 rings (SSSR count). The van der Waals surface area contributed by atoms with E-state index in [2.05, 4.69) is 19.2 Å². The summed E-state index contributed by atoms with van der Waals surface area (Å²) >= 11 is 5.95. The van der Waals surface area contributed by atoms with Crippen molar-refractivity contribution in [3.05, 3.63) is 0 Å². The Morgan fingerprint density at radius 1 is 1.19 bits per heavy atom. The fourth-order valence-electron chi connectivity index (χ4n) is 6.69. The second-order valence-electron chi connectivity index (χ2n) is 9.23. The van der Waals surface area contributed by atoms with E-state index in [9.17, 15) is 4.79 Å². The first-order valence-electron chi connectivity index (χ1n) is 8.63. The first-order valence-corrected chi connectivity index (χ1v) is 9.06. The Morgan fingerprint density at radius 3 is 2.33 bits per heavy atom. The average Bonchev–Trinajstić information content (AvgIpc) is 2.21. The highest BCUT2D eigenvalue weighted by Gasteiger charge is 2.60. The second-order valence-corrected chi connectivity index (χ2v) is 9.97. The van der Waals surface area contributed by atoms with Gasteiger partial charge >= 0.3 is 0 Å². The molecular formula is C18H30ClNO. The topological polar surface area (TPSA) is 29.1 Å². The van der Waals surface area contributed by atoms with E-state index in [1.807, 2.05) is 6.92 Å². The molecule has 0 saturated heterocycles. The molecule has 3 atom stereocenters. The van der Waals surface area contributed by atoms with Crippen LogP contribution in [0.2, 0.25) is 0 Å². The lowest BCUT2D eigenvalue weighted by Crippen LogP contribution is -2.56. The third-order valence-corrected chi connectivity index (χ3v) is 6.36. The maximum Gasteiger partial charge on any atom is 0.220 e. The maximum atomic E-state index is 12.4. The molecule has 4 fully saturated rings. The Balaban J connectivity index is 1.63. The van der Waals surface area contributed by atoms with Crippen LogP contribution < -0.4 is 5.32 Å². The van der Waals surface area contributed by atoms with Crippen molar-refractivity contribution in [1.29, 1.82) is 0 Å². The van der Waals surface area contributed by atoms with Crippen LogP contribution in [0, 0.1) is 22.2 Å². The zero-order chi connectivity index (χ0) is 15.3. The molecule has 21 heavy (non-hydrogen) atoms. The predicted octanol–water partition coefficient (Wildman–Crippen LogP) is 4.51. The van der Waals surface area contributed by atoms with Crippen molar-refractivity contribution in [2.24, 2.45) is 22.2 Å². The lowest BCUT2D eigenvalue weighted by atomic mass is 9.40. The van der Waals surface area contributed by atoms with Gasteiger partial charge in [0.25, 0.3) is 0 Å². The molecule has 4 bridgehead atoms. The number of amides is 1. The Kier molecular flexibility index (Phi) is 3.83. The first kappa shape index (κ1) is 15.6. The molecule has 0 aromatic carbocycles. The third kappa shape index (κ3) is 3.25. The van der Waals surface area contributed by atoms with Crippen LogP contribution in [0.5, 0.6) is 0 Å². The Morgan fingerprint density at radius 2 is 1.81 bits per heavy atom. The Bertz CT molecular complexity index is 415. The first-order chi connectivity index (χ1) is 9.72. The lowest BCUT2D eigenvalue weighted by Gasteiger charge is -2.65. The van der Waals surface area contributed by atoms with Crippen molar-refractivity contribution in [3.63, 3.8) is 0 Å². The van der Waals surface area contributed by atoms with Gasteiger partial charge in [-0.1, -0.05) is 13.8 Å². The minimum atomic E-state index is 0.141. The van der Waals surface area contributed by atoms with Crippen LogP contribution in [-0.4, -0.2) is 17.8 Å². The van der Waals surface area contributed by atoms with E-state index in [4.69, 9.17) is 11.6 Å². The molecule has 4 aliphatic rings. The number of hydrogen-bond donors (Lipinski definition) is 1. The van der Waals surface area contributed by atoms with E-state index in [-0.39, 0.29) is 11.3 Å². The lowest BCUT2D eigenvalue weighted by molar-refractivity contribution is -0.156. The van der Waals surface area contributed by atoms with Gasteiger partial charge in [0.1, 0.15) is 0 Å². The molecule has 3 unspecified atom stereocenters. The number of carbonyl (C=O) groups is 1. The van der Waals surface area contributed by atoms with Gasteiger partial charge in [0.2, 0.25) is 5.91 Å². The van der Waals surface area contributed by atoms with Crippen LogP contribution in [0.4, 0.5) is 0 Å². The van der Waals surface area contributed by atoms with E-state index in [1.165, 1.54) is 38.5 Å². The largest absolute Gasteiger partial charge is 0.356 e. The molecule has 0 aromatic heterocycles. The van der Waals surface area contributed by atoms with Crippen LogP contribution in [0.15, 0.2) is 0 Å². The summed E-state index contributed by atoms with van der Waals surface area (Å²) in [7, 11) is 0. The summed E-state index contributed by atoms with van der Waals surface area (Å²) < 4.78 is 0. The summed E-state index contributed by atoms with van der Waals surface area (Å²) in [5.41, 5.74) is 1.29. The molecule has 0 heterocycles. The van der Waals surface area contributed by atoms with Crippen LogP contribution in [0.1, 0.15) is 72.1 Å². The van der Waals surface area contributed by atoms with E-state index < -0.39 is 0 Å². The van der Waals surface area contributed by atoms with Crippen LogP contribution >= 0.6 is 11.6 Å². The van der Waals surface area contributed by atoms with Crippen molar-refractivity contribution >= 4 is 17.5 Å². The van der Waals surface area contributed by atoms with E-state index in [0.29, 0.717) is 16.2 Å². The Labute approximate surface area is 134 Å². The van der Waals surface area contributed by atoms with Crippen molar-refractivity contribution in [2.45, 2.75) is 77.5 Å². The predicted molar refractivity (Wildman–Crippen MR) is 87.4 cm³/mol. The molecule has 1 N–H and O–H groups in total. The molecule has 4 saturated carbocycles. The molecule has 3 heteroatoms. The zero-order valence-electron chi connectivity index (χ0n) is 13.8. The second kappa shape index (κ2) is 5.15. The van der Waals surface area contributed by atoms with Gasteiger partial charge < -0.3 is 5.32 Å². The summed E-state index contributed by atoms with van der Waals surface area (Å²) in [4.78, 5) is 12.4. The fraction of sp³-hybridized carbons (Fsp3) is 0.944. The number of hydrogen-bond acceptors (Lipinski definition) is 1. The van der Waals surface area contributed by atoms with Gasteiger partial charge in [-0.2, -0.15) is 0 Å². The minimum Gasteiger partial charge on any atom is -0.356 e. The number of halogens is 1. The summed E-state index contributed by atoms with van der Waals surface area (Å²) in [5.74, 6) is 1.12. The van der Waals surface area contributed by atoms with E-state index >= 15 is 0 Å². The smallest absolute Gasteiger partial charge is 0.220 e. The highest BCUT2D eigenvalue weighted by atomic mass is 35.5. The van der Waals surface area contributed by atoms with Crippen molar-refractivity contribution in [3.8, 4) is 0 Å². The zero-order valence-corrected chi connectivity index (χ0v) is 14.6. The molecule has 0 aliphatic heterocycles. The van der Waals surface area contributed by atoms with Crippen molar-refractivity contribution < 1.29 is 4.79 Å². The van der Waals surface area contributed by atoms with Gasteiger partial charge in [0, 0.05) is 18.3 Å². The van der Waals surface area contributed by atoms with Crippen molar-refractivity contribution in [2.75, 3.05) is 6.54 Å². The van der Waals surface area contributed by atoms with Crippen LogP contribution in [0.25, 0.3) is 0 Å². The maximum absolute atomic E-state index is 12.4. The van der Waals surface area contributed by atoms with Gasteiger partial charge in [-0.15, -0.1) is 11.6 Å². The van der Waals surface area contributed by atoms with E-state index in [0.717, 1.165) is 25.3 Å². The van der Waals surface area contributed by atoms with Crippen molar-refractivity contribution in [1.82, 2.24) is 5.32 Å². The Hall–Kier alpha value is -0.240. The molecular weight excluding hydrogens is 282 g/mol. The van der Waals surface area contributed by atoms with Gasteiger partial charge in [0.15, 0.2) is 0 Å². The van der Waals surface area contributed by atoms with Crippen LogP contribution in [-0.2, 0) is 4.79 Å². The van der Waals surface area contributed by atoms with E-state index in [1.54, 1.807) is 0 Å². The number of rotatable bonds is 5. The molecule has 1 amide bonds. The quantitative estimate of drug-likeness (QED) is 0.744. The van der Waals surface area contributed by atoms with Gasteiger partial charge in [-0.3, -0.25) is 4.79 Å². The number of alkyl halides is 1. The van der Waals surface area contributed by atoms with Gasteiger partial charge in [0.05, 0.1) is 0 Å². The standard InChI is InChI=1S/C18H30ClNO/c1-13(19)4-5-20-15(21)9-18-8-14-6-16(2,11-18)10-17(3,7-14)12-18/h13-14H,4-12H2,1-3H3,(H,20,21). The van der Waals surface area contributed by atoms with Crippen LogP contribution in [0.3, 0.4) is 0 Å². The molecule has 0 spiro atoms. The molecule has 2 nitrogen and oxygen atoms in total. The molecule has 120 valence electrons. The molecule has 4 aliphatic carbocycles. The highest BCUT2D eigenvalue weighted by Crippen LogP contribution is 2.70. The van der Waals surface area contributed by atoms with Gasteiger partial charge in [-0.25, -0.2) is 0 Å². The number of carbonyl (C=O) groups excluding carboxylic acids is 1. The fourth-order valence-corrected chi connectivity index (χ4v) is 6.80. The monoisotopic (exact) mass is 311 g/mol. The summed E-state index contributed by atoms with van der Waals surface area (Å²) in [6, 6.07) is 0. The molecule has 0 radical (unpaired) electrons. The summed E-state index contributed by atoms with van der Waals surface area (Å²) in [6.45, 7) is 7.64. The summed E-state index contributed by atoms with van der Waals surface area (Å²) in [5, 5.41) is 3.23. The summed E-state index contributed by atoms with van der Waals surface area (Å²) in [6.07, 6.45) is 9.60. The molecule has 0 aromatic rings. The minimum absolute atomic E-state index is 0.141.